The lowest BCUT2D eigenvalue weighted by Crippen LogP contribution is -2.46. The fourth-order valence-electron chi connectivity index (χ4n) is 2.17. The van der Waals surface area contributed by atoms with Gasteiger partial charge >= 0.3 is 0 Å². The molecule has 1 aliphatic heterocycles. The number of rotatable bonds is 1. The number of carbonyl (C=O) groups excluding carboxylic acids is 2. The maximum Gasteiger partial charge on any atom is 0.227 e. The molecule has 1 aliphatic rings. The van der Waals surface area contributed by atoms with E-state index in [1.165, 1.54) is 0 Å². The van der Waals surface area contributed by atoms with E-state index < -0.39 is 0 Å². The van der Waals surface area contributed by atoms with Gasteiger partial charge in [0.05, 0.1) is 0 Å². The molecular weight excluding hydrogens is 216 g/mol. The van der Waals surface area contributed by atoms with Crippen molar-refractivity contribution in [2.45, 2.75) is 33.6 Å². The van der Waals surface area contributed by atoms with E-state index in [4.69, 9.17) is 0 Å². The number of piperidine rings is 1. The van der Waals surface area contributed by atoms with E-state index in [2.05, 4.69) is 0 Å². The van der Waals surface area contributed by atoms with Crippen LogP contribution in [0.2, 0.25) is 0 Å². The second-order valence-electron chi connectivity index (χ2n) is 6.05. The van der Waals surface area contributed by atoms with Gasteiger partial charge in [-0.3, -0.25) is 9.59 Å². The first kappa shape index (κ1) is 14.0. The summed E-state index contributed by atoms with van der Waals surface area (Å²) >= 11 is 0. The number of amides is 2. The number of likely N-dealkylation sites (tertiary alicyclic amines) is 1. The van der Waals surface area contributed by atoms with E-state index in [0.29, 0.717) is 13.1 Å². The molecule has 2 amide bonds. The van der Waals surface area contributed by atoms with Crippen molar-refractivity contribution in [1.82, 2.24) is 9.80 Å². The van der Waals surface area contributed by atoms with E-state index in [1.807, 2.05) is 25.7 Å². The molecule has 0 aromatic rings. The first-order chi connectivity index (χ1) is 7.73. The number of hydrogen-bond donors (Lipinski definition) is 0. The van der Waals surface area contributed by atoms with E-state index in [1.54, 1.807) is 19.0 Å². The molecule has 4 heteroatoms. The average molecular weight is 240 g/mol. The van der Waals surface area contributed by atoms with Gasteiger partial charge in [0.1, 0.15) is 0 Å². The molecule has 0 aromatic heterocycles. The second kappa shape index (κ2) is 5.07. The lowest BCUT2D eigenvalue weighted by Gasteiger charge is -2.35. The molecule has 0 radical (unpaired) electrons. The minimum absolute atomic E-state index is 0.0917. The number of nitrogens with zero attached hydrogens (tertiary/aromatic N) is 2. The van der Waals surface area contributed by atoms with Gasteiger partial charge in [-0.05, 0) is 12.8 Å². The topological polar surface area (TPSA) is 40.6 Å². The molecule has 1 heterocycles. The number of carbonyl (C=O) groups is 2. The smallest absolute Gasteiger partial charge is 0.227 e. The molecule has 0 aliphatic carbocycles. The van der Waals surface area contributed by atoms with Gasteiger partial charge in [-0.2, -0.15) is 0 Å². The molecule has 0 saturated carbocycles. The van der Waals surface area contributed by atoms with Gasteiger partial charge in [0.15, 0.2) is 0 Å². The monoisotopic (exact) mass is 240 g/mol. The molecule has 0 N–H and O–H groups in total. The third-order valence-corrected chi connectivity index (χ3v) is 3.21. The summed E-state index contributed by atoms with van der Waals surface area (Å²) in [6, 6.07) is 0. The van der Waals surface area contributed by atoms with Crippen LogP contribution in [0, 0.1) is 11.3 Å². The predicted molar refractivity (Wildman–Crippen MR) is 67.5 cm³/mol. The van der Waals surface area contributed by atoms with Crippen LogP contribution in [0.1, 0.15) is 33.6 Å². The van der Waals surface area contributed by atoms with Crippen LogP contribution in [0.4, 0.5) is 0 Å². The van der Waals surface area contributed by atoms with Crippen molar-refractivity contribution < 1.29 is 9.59 Å². The maximum absolute atomic E-state index is 12.1. The highest BCUT2D eigenvalue weighted by molar-refractivity contribution is 5.82. The van der Waals surface area contributed by atoms with E-state index in [9.17, 15) is 9.59 Å². The summed E-state index contributed by atoms with van der Waals surface area (Å²) in [7, 11) is 3.57. The van der Waals surface area contributed by atoms with E-state index in [0.717, 1.165) is 12.8 Å². The van der Waals surface area contributed by atoms with Crippen molar-refractivity contribution in [2.24, 2.45) is 11.3 Å². The highest BCUT2D eigenvalue weighted by Crippen LogP contribution is 2.24. The highest BCUT2D eigenvalue weighted by Gasteiger charge is 2.32. The first-order valence-corrected chi connectivity index (χ1v) is 6.24. The van der Waals surface area contributed by atoms with Crippen LogP contribution >= 0.6 is 0 Å². The fraction of sp³-hybridized carbons (Fsp3) is 0.846. The fourth-order valence-corrected chi connectivity index (χ4v) is 2.17. The average Bonchev–Trinajstić information content (AvgIpc) is 2.26. The van der Waals surface area contributed by atoms with Crippen molar-refractivity contribution in [3.8, 4) is 0 Å². The Kier molecular flexibility index (Phi) is 4.17. The molecule has 4 nitrogen and oxygen atoms in total. The van der Waals surface area contributed by atoms with Crippen LogP contribution in [-0.4, -0.2) is 48.8 Å². The predicted octanol–water partition coefficient (Wildman–Crippen LogP) is 1.36. The SMILES string of the molecule is CN(C)C(=O)C1CCN(C(=O)C(C)(C)C)CC1. The van der Waals surface area contributed by atoms with Crippen molar-refractivity contribution >= 4 is 11.8 Å². The first-order valence-electron chi connectivity index (χ1n) is 6.24. The molecule has 1 fully saturated rings. The summed E-state index contributed by atoms with van der Waals surface area (Å²) in [4.78, 5) is 27.4. The van der Waals surface area contributed by atoms with Crippen molar-refractivity contribution in [3.05, 3.63) is 0 Å². The quantitative estimate of drug-likeness (QED) is 0.694. The summed E-state index contributed by atoms with van der Waals surface area (Å²) in [6.07, 6.45) is 1.58. The molecule has 0 unspecified atom stereocenters. The Morgan fingerprint density at radius 1 is 1.12 bits per heavy atom. The van der Waals surface area contributed by atoms with Crippen LogP contribution < -0.4 is 0 Å². The van der Waals surface area contributed by atoms with Crippen molar-refractivity contribution in [3.63, 3.8) is 0 Å². The summed E-state index contributed by atoms with van der Waals surface area (Å²) in [5.41, 5.74) is -0.321. The van der Waals surface area contributed by atoms with Crippen LogP contribution in [0.25, 0.3) is 0 Å². The number of hydrogen-bond acceptors (Lipinski definition) is 2. The Morgan fingerprint density at radius 2 is 1.59 bits per heavy atom. The Morgan fingerprint density at radius 3 is 1.94 bits per heavy atom. The van der Waals surface area contributed by atoms with Crippen LogP contribution in [0.3, 0.4) is 0 Å². The summed E-state index contributed by atoms with van der Waals surface area (Å²) < 4.78 is 0. The zero-order valence-corrected chi connectivity index (χ0v) is 11.6. The molecule has 1 rings (SSSR count). The molecule has 98 valence electrons. The van der Waals surface area contributed by atoms with E-state index >= 15 is 0 Å². The zero-order valence-electron chi connectivity index (χ0n) is 11.6. The Hall–Kier alpha value is -1.06. The van der Waals surface area contributed by atoms with Gasteiger partial charge < -0.3 is 9.80 Å². The van der Waals surface area contributed by atoms with Crippen molar-refractivity contribution in [2.75, 3.05) is 27.2 Å². The zero-order chi connectivity index (χ0) is 13.2. The van der Waals surface area contributed by atoms with Crippen LogP contribution in [-0.2, 0) is 9.59 Å². The minimum atomic E-state index is -0.321. The van der Waals surface area contributed by atoms with Crippen LogP contribution in [0.15, 0.2) is 0 Å². The van der Waals surface area contributed by atoms with Gasteiger partial charge in [0.25, 0.3) is 0 Å². The molecular formula is C13H24N2O2. The largest absolute Gasteiger partial charge is 0.349 e. The molecule has 1 saturated heterocycles. The van der Waals surface area contributed by atoms with Gasteiger partial charge in [-0.1, -0.05) is 20.8 Å². The normalized spacial score (nSPS) is 18.1. The molecule has 0 aromatic carbocycles. The van der Waals surface area contributed by atoms with Gasteiger partial charge in [0, 0.05) is 38.5 Å². The Labute approximate surface area is 104 Å². The van der Waals surface area contributed by atoms with E-state index in [-0.39, 0.29) is 23.1 Å². The third kappa shape index (κ3) is 3.45. The molecule has 0 bridgehead atoms. The second-order valence-corrected chi connectivity index (χ2v) is 6.05. The summed E-state index contributed by atoms with van der Waals surface area (Å²) in [5.74, 6) is 0.468. The molecule has 0 spiro atoms. The van der Waals surface area contributed by atoms with Crippen molar-refractivity contribution in [1.29, 1.82) is 0 Å². The van der Waals surface area contributed by atoms with Crippen LogP contribution in [0.5, 0.6) is 0 Å². The summed E-state index contributed by atoms with van der Waals surface area (Å²) in [5, 5.41) is 0. The Bertz CT molecular complexity index is 297. The standard InChI is InChI=1S/C13H24N2O2/c1-13(2,3)12(17)15-8-6-10(7-9-15)11(16)14(4)5/h10H,6-9H2,1-5H3. The van der Waals surface area contributed by atoms with Gasteiger partial charge in [-0.25, -0.2) is 0 Å². The molecule has 0 atom stereocenters. The Balaban J connectivity index is 2.52. The summed E-state index contributed by atoms with van der Waals surface area (Å²) in [6.45, 7) is 7.23. The van der Waals surface area contributed by atoms with Gasteiger partial charge in [-0.15, -0.1) is 0 Å². The van der Waals surface area contributed by atoms with Gasteiger partial charge in [0.2, 0.25) is 11.8 Å². The minimum Gasteiger partial charge on any atom is -0.349 e. The highest BCUT2D eigenvalue weighted by atomic mass is 16.2. The molecule has 17 heavy (non-hydrogen) atoms. The lowest BCUT2D eigenvalue weighted by molar-refractivity contribution is -0.144. The lowest BCUT2D eigenvalue weighted by atomic mass is 9.90. The maximum atomic E-state index is 12.1. The third-order valence-electron chi connectivity index (χ3n) is 3.21.